The van der Waals surface area contributed by atoms with Crippen LogP contribution in [0.15, 0.2) is 36.5 Å². The van der Waals surface area contributed by atoms with Gasteiger partial charge in [0.05, 0.1) is 17.7 Å². The van der Waals surface area contributed by atoms with Crippen LogP contribution in [0.2, 0.25) is 5.02 Å². The second-order valence-corrected chi connectivity index (χ2v) is 6.64. The van der Waals surface area contributed by atoms with Gasteiger partial charge in [0, 0.05) is 30.5 Å². The van der Waals surface area contributed by atoms with Gasteiger partial charge in [-0.15, -0.1) is 0 Å². The van der Waals surface area contributed by atoms with E-state index in [0.717, 1.165) is 30.8 Å². The SMILES string of the molecule is CC(C)C1CN(c2ccc(-c3cnc(N)c(Cl)c3)cc2)CCO1. The maximum absolute atomic E-state index is 6.05. The summed E-state index contributed by atoms with van der Waals surface area (Å²) in [6.07, 6.45) is 2.04. The van der Waals surface area contributed by atoms with Crippen molar-refractivity contribution in [2.75, 3.05) is 30.3 Å². The van der Waals surface area contributed by atoms with Crippen LogP contribution >= 0.6 is 11.6 Å². The number of nitrogens with zero attached hydrogens (tertiary/aromatic N) is 2. The number of hydrogen-bond donors (Lipinski definition) is 1. The summed E-state index contributed by atoms with van der Waals surface area (Å²) < 4.78 is 5.83. The number of benzene rings is 1. The van der Waals surface area contributed by atoms with Crippen molar-refractivity contribution in [3.8, 4) is 11.1 Å². The summed E-state index contributed by atoms with van der Waals surface area (Å²) >= 11 is 6.05. The van der Waals surface area contributed by atoms with E-state index in [2.05, 4.69) is 48.0 Å². The highest BCUT2D eigenvalue weighted by atomic mass is 35.5. The largest absolute Gasteiger partial charge is 0.382 e. The second-order valence-electron chi connectivity index (χ2n) is 6.24. The van der Waals surface area contributed by atoms with Crippen LogP contribution in [-0.4, -0.2) is 30.8 Å². The minimum atomic E-state index is 0.295. The van der Waals surface area contributed by atoms with Crippen molar-refractivity contribution >= 4 is 23.1 Å². The molecule has 2 N–H and O–H groups in total. The number of rotatable bonds is 3. The number of pyridine rings is 1. The van der Waals surface area contributed by atoms with E-state index < -0.39 is 0 Å². The zero-order valence-corrected chi connectivity index (χ0v) is 14.3. The monoisotopic (exact) mass is 331 g/mol. The summed E-state index contributed by atoms with van der Waals surface area (Å²) in [5, 5.41) is 0.486. The van der Waals surface area contributed by atoms with Gasteiger partial charge in [-0.3, -0.25) is 0 Å². The van der Waals surface area contributed by atoms with Crippen LogP contribution < -0.4 is 10.6 Å². The Balaban J connectivity index is 1.77. The van der Waals surface area contributed by atoms with Crippen LogP contribution in [0, 0.1) is 5.92 Å². The molecule has 2 aromatic rings. The number of nitrogens with two attached hydrogens (primary N) is 1. The summed E-state index contributed by atoms with van der Waals surface area (Å²) in [6.45, 7) is 7.05. The number of aromatic nitrogens is 1. The van der Waals surface area contributed by atoms with Crippen molar-refractivity contribution in [2.45, 2.75) is 20.0 Å². The van der Waals surface area contributed by atoms with Gasteiger partial charge in [0.1, 0.15) is 5.82 Å². The van der Waals surface area contributed by atoms with E-state index in [9.17, 15) is 0 Å². The third-order valence-electron chi connectivity index (χ3n) is 4.27. The molecular weight excluding hydrogens is 310 g/mol. The number of morpholine rings is 1. The summed E-state index contributed by atoms with van der Waals surface area (Å²) in [5.41, 5.74) is 8.93. The predicted molar refractivity (Wildman–Crippen MR) is 95.9 cm³/mol. The maximum Gasteiger partial charge on any atom is 0.142 e. The number of nitrogen functional groups attached to an aromatic ring is 1. The molecule has 1 atom stereocenters. The van der Waals surface area contributed by atoms with Crippen molar-refractivity contribution in [1.82, 2.24) is 4.98 Å². The molecule has 1 fully saturated rings. The molecular formula is C18H22ClN3O. The highest BCUT2D eigenvalue weighted by molar-refractivity contribution is 6.33. The maximum atomic E-state index is 6.05. The van der Waals surface area contributed by atoms with E-state index in [1.807, 2.05) is 6.07 Å². The molecule has 5 heteroatoms. The van der Waals surface area contributed by atoms with Crippen molar-refractivity contribution in [1.29, 1.82) is 0 Å². The van der Waals surface area contributed by atoms with Gasteiger partial charge in [0.2, 0.25) is 0 Å². The molecule has 4 nitrogen and oxygen atoms in total. The summed E-state index contributed by atoms with van der Waals surface area (Å²) in [7, 11) is 0. The lowest BCUT2D eigenvalue weighted by Crippen LogP contribution is -2.44. The van der Waals surface area contributed by atoms with E-state index in [1.54, 1.807) is 6.20 Å². The van der Waals surface area contributed by atoms with Gasteiger partial charge in [-0.2, -0.15) is 0 Å². The van der Waals surface area contributed by atoms with E-state index in [4.69, 9.17) is 22.1 Å². The number of ether oxygens (including phenoxy) is 1. The number of hydrogen-bond acceptors (Lipinski definition) is 4. The molecule has 1 aliphatic rings. The van der Waals surface area contributed by atoms with E-state index in [0.29, 0.717) is 22.9 Å². The van der Waals surface area contributed by atoms with Crippen LogP contribution in [-0.2, 0) is 4.74 Å². The Morgan fingerprint density at radius 1 is 1.26 bits per heavy atom. The molecule has 1 aromatic heterocycles. The Kier molecular flexibility index (Phi) is 4.74. The normalized spacial score (nSPS) is 18.4. The van der Waals surface area contributed by atoms with Crippen molar-refractivity contribution < 1.29 is 4.74 Å². The third-order valence-corrected chi connectivity index (χ3v) is 4.58. The van der Waals surface area contributed by atoms with Gasteiger partial charge in [-0.25, -0.2) is 4.98 Å². The molecule has 0 radical (unpaired) electrons. The van der Waals surface area contributed by atoms with Crippen LogP contribution in [0.4, 0.5) is 11.5 Å². The fraction of sp³-hybridized carbons (Fsp3) is 0.389. The Hall–Kier alpha value is -1.78. The standard InChI is InChI=1S/C18H22ClN3O/c1-12(2)17-11-22(7-8-23-17)15-5-3-13(4-6-15)14-9-16(19)18(20)21-10-14/h3-6,9-10,12,17H,7-8,11H2,1-2H3,(H2,20,21). The fourth-order valence-corrected chi connectivity index (χ4v) is 2.95. The van der Waals surface area contributed by atoms with Gasteiger partial charge < -0.3 is 15.4 Å². The zero-order chi connectivity index (χ0) is 16.4. The van der Waals surface area contributed by atoms with Crippen LogP contribution in [0.5, 0.6) is 0 Å². The van der Waals surface area contributed by atoms with Crippen LogP contribution in [0.1, 0.15) is 13.8 Å². The molecule has 1 unspecified atom stereocenters. The van der Waals surface area contributed by atoms with Gasteiger partial charge in [-0.05, 0) is 29.7 Å². The Morgan fingerprint density at radius 2 is 2.00 bits per heavy atom. The molecule has 1 saturated heterocycles. The van der Waals surface area contributed by atoms with Gasteiger partial charge >= 0.3 is 0 Å². The van der Waals surface area contributed by atoms with Gasteiger partial charge in [0.25, 0.3) is 0 Å². The molecule has 1 aromatic carbocycles. The minimum absolute atomic E-state index is 0.295. The van der Waals surface area contributed by atoms with Crippen molar-refractivity contribution in [3.05, 3.63) is 41.6 Å². The minimum Gasteiger partial charge on any atom is -0.382 e. The van der Waals surface area contributed by atoms with Crippen molar-refractivity contribution in [2.24, 2.45) is 5.92 Å². The molecule has 23 heavy (non-hydrogen) atoms. The summed E-state index contributed by atoms with van der Waals surface area (Å²) in [4.78, 5) is 6.50. The summed E-state index contributed by atoms with van der Waals surface area (Å²) in [5.74, 6) is 0.889. The zero-order valence-electron chi connectivity index (χ0n) is 13.5. The molecule has 0 bridgehead atoms. The molecule has 0 saturated carbocycles. The summed E-state index contributed by atoms with van der Waals surface area (Å²) in [6, 6.07) is 10.3. The Labute approximate surface area is 142 Å². The topological polar surface area (TPSA) is 51.4 Å². The molecule has 2 heterocycles. The number of halogens is 1. The predicted octanol–water partition coefficient (Wildman–Crippen LogP) is 3.85. The smallest absolute Gasteiger partial charge is 0.142 e. The third kappa shape index (κ3) is 3.59. The Bertz CT molecular complexity index is 672. The van der Waals surface area contributed by atoms with Crippen LogP contribution in [0.3, 0.4) is 0 Å². The average Bonchev–Trinajstić information content (AvgIpc) is 2.57. The Morgan fingerprint density at radius 3 is 2.65 bits per heavy atom. The lowest BCUT2D eigenvalue weighted by molar-refractivity contribution is 0.0114. The average molecular weight is 332 g/mol. The molecule has 0 amide bonds. The first-order chi connectivity index (χ1) is 11.0. The number of anilines is 2. The first-order valence-electron chi connectivity index (χ1n) is 7.92. The van der Waals surface area contributed by atoms with E-state index in [1.165, 1.54) is 5.69 Å². The lowest BCUT2D eigenvalue weighted by atomic mass is 10.0. The highest BCUT2D eigenvalue weighted by Gasteiger charge is 2.23. The van der Waals surface area contributed by atoms with E-state index in [-0.39, 0.29) is 0 Å². The lowest BCUT2D eigenvalue weighted by Gasteiger charge is -2.36. The molecule has 3 rings (SSSR count). The van der Waals surface area contributed by atoms with Crippen molar-refractivity contribution in [3.63, 3.8) is 0 Å². The first-order valence-corrected chi connectivity index (χ1v) is 8.30. The van der Waals surface area contributed by atoms with Gasteiger partial charge in [-0.1, -0.05) is 37.6 Å². The van der Waals surface area contributed by atoms with Crippen LogP contribution in [0.25, 0.3) is 11.1 Å². The second kappa shape index (κ2) is 6.77. The fourth-order valence-electron chi connectivity index (χ4n) is 2.78. The molecule has 0 aliphatic carbocycles. The molecule has 0 spiro atoms. The molecule has 122 valence electrons. The van der Waals surface area contributed by atoms with Gasteiger partial charge in [0.15, 0.2) is 0 Å². The van der Waals surface area contributed by atoms with E-state index >= 15 is 0 Å². The quantitative estimate of drug-likeness (QED) is 0.928. The highest BCUT2D eigenvalue weighted by Crippen LogP contribution is 2.28. The first kappa shape index (κ1) is 16.1. The molecule has 1 aliphatic heterocycles.